The highest BCUT2D eigenvalue weighted by Crippen LogP contribution is 2.33. The van der Waals surface area contributed by atoms with Crippen molar-refractivity contribution in [2.24, 2.45) is 0 Å². The van der Waals surface area contributed by atoms with E-state index in [0.717, 1.165) is 16.7 Å². The topological polar surface area (TPSA) is 34.4 Å². The number of nitrogens with one attached hydrogen (secondary N) is 1. The van der Waals surface area contributed by atoms with Gasteiger partial charge in [-0.1, -0.05) is 11.6 Å². The lowest BCUT2D eigenvalue weighted by Crippen LogP contribution is -2.39. The van der Waals surface area contributed by atoms with Crippen LogP contribution >= 0.6 is 11.6 Å². The van der Waals surface area contributed by atoms with Gasteiger partial charge in [0.05, 0.1) is 11.6 Å². The van der Waals surface area contributed by atoms with E-state index >= 15 is 0 Å². The number of hydrogen-bond acceptors (Lipinski definition) is 3. The van der Waals surface area contributed by atoms with Gasteiger partial charge in [-0.3, -0.25) is 0 Å². The second-order valence-electron chi connectivity index (χ2n) is 5.09. The summed E-state index contributed by atoms with van der Waals surface area (Å²) in [5, 5.41) is 4.99. The fourth-order valence-electron chi connectivity index (χ4n) is 2.46. The Labute approximate surface area is 118 Å². The van der Waals surface area contributed by atoms with Gasteiger partial charge < -0.3 is 14.5 Å². The standard InChI is InChI=1S/C15H20ClNO2/c1-5-18-15(2,3)14(17-4)13-9-10-8-11(16)6-7-12(10)19-13/h6-9,14,17H,5H2,1-4H3. The third-order valence-corrected chi connectivity index (χ3v) is 3.52. The minimum absolute atomic E-state index is 0.0152. The molecule has 0 bridgehead atoms. The number of ether oxygens (including phenoxy) is 1. The molecule has 0 radical (unpaired) electrons. The zero-order chi connectivity index (χ0) is 14.0. The molecular weight excluding hydrogens is 262 g/mol. The molecule has 2 aromatic rings. The van der Waals surface area contributed by atoms with Crippen LogP contribution in [0.2, 0.25) is 5.02 Å². The molecule has 2 rings (SSSR count). The fraction of sp³-hybridized carbons (Fsp3) is 0.467. The average molecular weight is 282 g/mol. The van der Waals surface area contributed by atoms with Crippen LogP contribution in [0, 0.1) is 0 Å². The summed E-state index contributed by atoms with van der Waals surface area (Å²) >= 11 is 6.00. The van der Waals surface area contributed by atoms with Crippen molar-refractivity contribution in [2.75, 3.05) is 13.7 Å². The summed E-state index contributed by atoms with van der Waals surface area (Å²) in [7, 11) is 1.91. The van der Waals surface area contributed by atoms with Crippen molar-refractivity contribution in [3.63, 3.8) is 0 Å². The molecule has 0 aliphatic heterocycles. The van der Waals surface area contributed by atoms with Crippen molar-refractivity contribution in [3.05, 3.63) is 35.0 Å². The van der Waals surface area contributed by atoms with E-state index in [1.807, 2.05) is 38.2 Å². The molecule has 1 aromatic carbocycles. The van der Waals surface area contributed by atoms with E-state index in [1.54, 1.807) is 0 Å². The van der Waals surface area contributed by atoms with E-state index < -0.39 is 0 Å². The van der Waals surface area contributed by atoms with E-state index in [9.17, 15) is 0 Å². The van der Waals surface area contributed by atoms with E-state index in [4.69, 9.17) is 20.8 Å². The molecule has 0 aliphatic rings. The second-order valence-corrected chi connectivity index (χ2v) is 5.53. The largest absolute Gasteiger partial charge is 0.459 e. The van der Waals surface area contributed by atoms with Gasteiger partial charge in [-0.2, -0.15) is 0 Å². The first-order valence-electron chi connectivity index (χ1n) is 6.48. The van der Waals surface area contributed by atoms with Crippen LogP contribution in [0.15, 0.2) is 28.7 Å². The summed E-state index contributed by atoms with van der Waals surface area (Å²) < 4.78 is 11.7. The summed E-state index contributed by atoms with van der Waals surface area (Å²) in [6, 6.07) is 7.63. The molecule has 19 heavy (non-hydrogen) atoms. The van der Waals surface area contributed by atoms with Gasteiger partial charge in [-0.25, -0.2) is 0 Å². The average Bonchev–Trinajstić information content (AvgIpc) is 2.71. The first-order chi connectivity index (χ1) is 8.97. The quantitative estimate of drug-likeness (QED) is 0.893. The number of hydrogen-bond donors (Lipinski definition) is 1. The van der Waals surface area contributed by atoms with Crippen molar-refractivity contribution in [1.82, 2.24) is 5.32 Å². The van der Waals surface area contributed by atoms with Crippen molar-refractivity contribution >= 4 is 22.6 Å². The van der Waals surface area contributed by atoms with E-state index in [1.165, 1.54) is 0 Å². The molecule has 3 nitrogen and oxygen atoms in total. The van der Waals surface area contributed by atoms with Crippen molar-refractivity contribution < 1.29 is 9.15 Å². The lowest BCUT2D eigenvalue weighted by atomic mass is 9.96. The van der Waals surface area contributed by atoms with Crippen molar-refractivity contribution in [2.45, 2.75) is 32.4 Å². The van der Waals surface area contributed by atoms with Gasteiger partial charge in [0.15, 0.2) is 0 Å². The van der Waals surface area contributed by atoms with Gasteiger partial charge in [-0.05, 0) is 52.1 Å². The van der Waals surface area contributed by atoms with Crippen LogP contribution in [-0.2, 0) is 4.74 Å². The number of fused-ring (bicyclic) bond motifs is 1. The third-order valence-electron chi connectivity index (χ3n) is 3.28. The summed E-state index contributed by atoms with van der Waals surface area (Å²) in [5.41, 5.74) is 0.494. The summed E-state index contributed by atoms with van der Waals surface area (Å²) in [5.74, 6) is 0.859. The highest BCUT2D eigenvalue weighted by molar-refractivity contribution is 6.31. The van der Waals surface area contributed by atoms with Crippen molar-refractivity contribution in [1.29, 1.82) is 0 Å². The Kier molecular flexibility index (Phi) is 4.19. The molecule has 0 amide bonds. The molecule has 1 heterocycles. The molecular formula is C15H20ClNO2. The highest BCUT2D eigenvalue weighted by Gasteiger charge is 2.32. The Balaban J connectivity index is 2.40. The zero-order valence-electron chi connectivity index (χ0n) is 11.8. The van der Waals surface area contributed by atoms with Gasteiger partial charge in [0, 0.05) is 17.0 Å². The zero-order valence-corrected chi connectivity index (χ0v) is 12.5. The van der Waals surface area contributed by atoms with Crippen molar-refractivity contribution in [3.8, 4) is 0 Å². The lowest BCUT2D eigenvalue weighted by Gasteiger charge is -2.32. The van der Waals surface area contributed by atoms with Crippen LogP contribution in [0.4, 0.5) is 0 Å². The Morgan fingerprint density at radius 2 is 2.11 bits per heavy atom. The first kappa shape index (κ1) is 14.4. The number of rotatable bonds is 5. The maximum atomic E-state index is 6.00. The molecule has 0 spiro atoms. The molecule has 1 N–H and O–H groups in total. The second kappa shape index (κ2) is 5.53. The third kappa shape index (κ3) is 2.94. The monoisotopic (exact) mass is 281 g/mol. The summed E-state index contributed by atoms with van der Waals surface area (Å²) in [6.07, 6.45) is 0. The van der Waals surface area contributed by atoms with Gasteiger partial charge in [0.1, 0.15) is 11.3 Å². The number of likely N-dealkylation sites (N-methyl/N-ethyl adjacent to an activating group) is 1. The number of benzene rings is 1. The molecule has 0 saturated heterocycles. The summed E-state index contributed by atoms with van der Waals surface area (Å²) in [4.78, 5) is 0. The van der Waals surface area contributed by atoms with Crippen LogP contribution in [0.1, 0.15) is 32.6 Å². The first-order valence-corrected chi connectivity index (χ1v) is 6.86. The molecule has 0 aliphatic carbocycles. The van der Waals surface area contributed by atoms with Gasteiger partial charge in [0.2, 0.25) is 0 Å². The number of halogens is 1. The minimum atomic E-state index is -0.346. The maximum absolute atomic E-state index is 6.00. The van der Waals surface area contributed by atoms with Gasteiger partial charge in [0.25, 0.3) is 0 Å². The van der Waals surface area contributed by atoms with Crippen LogP contribution in [0.25, 0.3) is 11.0 Å². The van der Waals surface area contributed by atoms with Gasteiger partial charge >= 0.3 is 0 Å². The highest BCUT2D eigenvalue weighted by atomic mass is 35.5. The lowest BCUT2D eigenvalue weighted by molar-refractivity contribution is -0.0418. The molecule has 0 fully saturated rings. The van der Waals surface area contributed by atoms with E-state index in [2.05, 4.69) is 19.2 Å². The minimum Gasteiger partial charge on any atom is -0.459 e. The van der Waals surface area contributed by atoms with E-state index in [0.29, 0.717) is 11.6 Å². The normalized spacial score (nSPS) is 13.9. The van der Waals surface area contributed by atoms with Crippen LogP contribution in [-0.4, -0.2) is 19.3 Å². The SMILES string of the molecule is CCOC(C)(C)C(NC)c1cc2cc(Cl)ccc2o1. The maximum Gasteiger partial charge on any atom is 0.134 e. The van der Waals surface area contributed by atoms with E-state index in [-0.39, 0.29) is 11.6 Å². The Hall–Kier alpha value is -1.03. The smallest absolute Gasteiger partial charge is 0.134 e. The Bertz CT molecular complexity index is 562. The molecule has 1 unspecified atom stereocenters. The molecule has 1 atom stereocenters. The Morgan fingerprint density at radius 3 is 2.74 bits per heavy atom. The van der Waals surface area contributed by atoms with Crippen LogP contribution in [0.3, 0.4) is 0 Å². The fourth-order valence-corrected chi connectivity index (χ4v) is 2.65. The Morgan fingerprint density at radius 1 is 1.37 bits per heavy atom. The number of furan rings is 1. The van der Waals surface area contributed by atoms with Gasteiger partial charge in [-0.15, -0.1) is 0 Å². The molecule has 4 heteroatoms. The molecule has 1 aromatic heterocycles. The summed E-state index contributed by atoms with van der Waals surface area (Å²) in [6.45, 7) is 6.76. The van der Waals surface area contributed by atoms with Crippen LogP contribution in [0.5, 0.6) is 0 Å². The molecule has 104 valence electrons. The van der Waals surface area contributed by atoms with Crippen LogP contribution < -0.4 is 5.32 Å². The predicted octanol–water partition coefficient (Wildman–Crippen LogP) is 4.16. The predicted molar refractivity (Wildman–Crippen MR) is 78.7 cm³/mol. The molecule has 0 saturated carbocycles.